The zero-order chi connectivity index (χ0) is 18.5. The number of aromatic nitrogens is 1. The Morgan fingerprint density at radius 3 is 2.19 bits per heavy atom. The summed E-state index contributed by atoms with van der Waals surface area (Å²) in [5.41, 5.74) is 4.22. The Balaban J connectivity index is 1.76. The fourth-order valence-electron chi connectivity index (χ4n) is 2.60. The van der Waals surface area contributed by atoms with Crippen LogP contribution in [0.15, 0.2) is 73.1 Å². The first-order valence-electron chi connectivity index (χ1n) is 8.37. The number of benzene rings is 2. The van der Waals surface area contributed by atoms with E-state index >= 15 is 0 Å². The fourth-order valence-corrected chi connectivity index (χ4v) is 2.60. The highest BCUT2D eigenvalue weighted by Crippen LogP contribution is 2.21. The summed E-state index contributed by atoms with van der Waals surface area (Å²) in [5.74, 6) is -0.102. The molecule has 0 unspecified atom stereocenters. The Hall–Kier alpha value is -3.34. The monoisotopic (exact) mass is 346 g/mol. The summed E-state index contributed by atoms with van der Waals surface area (Å²) in [6.45, 7) is 0. The van der Waals surface area contributed by atoms with Crippen molar-refractivity contribution in [3.63, 3.8) is 0 Å². The largest absolute Gasteiger partial charge is 0.378 e. The molecule has 5 nitrogen and oxygen atoms in total. The van der Waals surface area contributed by atoms with E-state index in [2.05, 4.69) is 10.3 Å². The van der Waals surface area contributed by atoms with Crippen LogP contribution in [-0.2, 0) is 0 Å². The molecule has 0 radical (unpaired) electrons. The summed E-state index contributed by atoms with van der Waals surface area (Å²) < 4.78 is 0. The third-order valence-corrected chi connectivity index (χ3v) is 4.11. The van der Waals surface area contributed by atoms with Crippen molar-refractivity contribution in [3.05, 3.63) is 78.6 Å². The molecule has 0 aliphatic rings. The second-order valence-corrected chi connectivity index (χ2v) is 6.23. The van der Waals surface area contributed by atoms with Gasteiger partial charge in [0.05, 0.1) is 17.4 Å². The zero-order valence-corrected chi connectivity index (χ0v) is 15.2. The van der Waals surface area contributed by atoms with E-state index in [0.29, 0.717) is 5.56 Å². The number of para-hydroxylation sites is 1. The van der Waals surface area contributed by atoms with Gasteiger partial charge in [0.25, 0.3) is 5.91 Å². The Labute approximate surface area is 153 Å². The van der Waals surface area contributed by atoms with E-state index < -0.39 is 0 Å². The molecule has 0 saturated heterocycles. The molecule has 3 rings (SSSR count). The van der Waals surface area contributed by atoms with Gasteiger partial charge in [-0.15, -0.1) is 0 Å². The first-order valence-corrected chi connectivity index (χ1v) is 8.37. The lowest BCUT2D eigenvalue weighted by molar-refractivity contribution is 0.0992. The molecule has 1 N–H and O–H groups in total. The third kappa shape index (κ3) is 4.00. The van der Waals surface area contributed by atoms with Crippen LogP contribution in [0.5, 0.6) is 0 Å². The predicted octanol–water partition coefficient (Wildman–Crippen LogP) is 4.17. The summed E-state index contributed by atoms with van der Waals surface area (Å²) >= 11 is 0. The fraction of sp³-hybridized carbons (Fsp3) is 0.143. The van der Waals surface area contributed by atoms with Gasteiger partial charge in [-0.2, -0.15) is 0 Å². The summed E-state index contributed by atoms with van der Waals surface area (Å²) in [5, 5.41) is 3.29. The number of rotatable bonds is 5. The van der Waals surface area contributed by atoms with Crippen LogP contribution in [0.1, 0.15) is 10.4 Å². The molecule has 0 aliphatic heterocycles. The Morgan fingerprint density at radius 1 is 0.846 bits per heavy atom. The lowest BCUT2D eigenvalue weighted by atomic mass is 10.2. The van der Waals surface area contributed by atoms with E-state index in [1.54, 1.807) is 24.3 Å². The maximum atomic E-state index is 12.7. The molecule has 0 fully saturated rings. The number of nitrogens with zero attached hydrogens (tertiary/aromatic N) is 3. The Kier molecular flexibility index (Phi) is 5.17. The van der Waals surface area contributed by atoms with Crippen molar-refractivity contribution in [2.24, 2.45) is 0 Å². The quantitative estimate of drug-likeness (QED) is 0.753. The number of pyridine rings is 1. The summed E-state index contributed by atoms with van der Waals surface area (Å²) in [6.07, 6.45) is 3.29. The molecule has 3 aromatic rings. The number of amides is 1. The molecule has 0 atom stereocenters. The van der Waals surface area contributed by atoms with Crippen LogP contribution in [0.4, 0.5) is 22.7 Å². The van der Waals surface area contributed by atoms with Crippen LogP contribution in [0, 0.1) is 0 Å². The molecule has 1 amide bonds. The minimum Gasteiger partial charge on any atom is -0.378 e. The van der Waals surface area contributed by atoms with Crippen LogP contribution >= 0.6 is 0 Å². The van der Waals surface area contributed by atoms with Gasteiger partial charge in [-0.25, -0.2) is 0 Å². The number of anilines is 4. The van der Waals surface area contributed by atoms with E-state index in [1.807, 2.05) is 79.7 Å². The zero-order valence-electron chi connectivity index (χ0n) is 15.2. The summed E-state index contributed by atoms with van der Waals surface area (Å²) in [6, 6.07) is 19.4. The van der Waals surface area contributed by atoms with Gasteiger partial charge in [0.1, 0.15) is 0 Å². The van der Waals surface area contributed by atoms with Gasteiger partial charge in [-0.05, 0) is 42.5 Å². The van der Waals surface area contributed by atoms with Gasteiger partial charge in [0.15, 0.2) is 0 Å². The number of nitrogens with one attached hydrogen (secondary N) is 1. The summed E-state index contributed by atoms with van der Waals surface area (Å²) in [7, 11) is 5.77. The van der Waals surface area contributed by atoms with Gasteiger partial charge < -0.3 is 15.1 Å². The van der Waals surface area contributed by atoms with E-state index in [4.69, 9.17) is 0 Å². The molecule has 0 aliphatic carbocycles. The second-order valence-electron chi connectivity index (χ2n) is 6.23. The molecule has 0 bridgehead atoms. The van der Waals surface area contributed by atoms with Crippen molar-refractivity contribution >= 4 is 28.7 Å². The molecule has 2 aromatic carbocycles. The predicted molar refractivity (Wildman–Crippen MR) is 107 cm³/mol. The highest BCUT2D eigenvalue weighted by Gasteiger charge is 2.14. The standard InChI is InChI=1S/C21H22N4O/c1-24(2)19-11-9-17(10-12-19)23-18-13-16(14-22-15-18)21(26)25(3)20-7-5-4-6-8-20/h4-15,23H,1-3H3. The molecule has 132 valence electrons. The summed E-state index contributed by atoms with van der Waals surface area (Å²) in [4.78, 5) is 20.6. The van der Waals surface area contributed by atoms with Gasteiger partial charge >= 0.3 is 0 Å². The van der Waals surface area contributed by atoms with Crippen LogP contribution in [0.2, 0.25) is 0 Å². The number of hydrogen-bond acceptors (Lipinski definition) is 4. The first kappa shape index (κ1) is 17.5. The van der Waals surface area contributed by atoms with Crippen LogP contribution < -0.4 is 15.1 Å². The normalized spacial score (nSPS) is 10.3. The number of carbonyl (C=O) groups excluding carboxylic acids is 1. The van der Waals surface area contributed by atoms with Crippen LogP contribution in [-0.4, -0.2) is 32.0 Å². The van der Waals surface area contributed by atoms with Gasteiger partial charge in [0.2, 0.25) is 0 Å². The first-order chi connectivity index (χ1) is 12.5. The molecule has 0 saturated carbocycles. The molecule has 5 heteroatoms. The Bertz CT molecular complexity index is 876. The van der Waals surface area contributed by atoms with Crippen molar-refractivity contribution in [1.29, 1.82) is 0 Å². The van der Waals surface area contributed by atoms with Crippen LogP contribution in [0.3, 0.4) is 0 Å². The average molecular weight is 346 g/mol. The van der Waals surface area contributed by atoms with Crippen molar-refractivity contribution < 1.29 is 4.79 Å². The topological polar surface area (TPSA) is 48.5 Å². The van der Waals surface area contributed by atoms with Crippen molar-refractivity contribution in [2.75, 3.05) is 36.3 Å². The molecule has 1 aromatic heterocycles. The van der Waals surface area contributed by atoms with Crippen molar-refractivity contribution in [3.8, 4) is 0 Å². The molecule has 26 heavy (non-hydrogen) atoms. The molecular weight excluding hydrogens is 324 g/mol. The third-order valence-electron chi connectivity index (χ3n) is 4.11. The minimum atomic E-state index is -0.102. The SMILES string of the molecule is CN(C)c1ccc(Nc2cncc(C(=O)N(C)c3ccccc3)c2)cc1. The van der Waals surface area contributed by atoms with Crippen LogP contribution in [0.25, 0.3) is 0 Å². The highest BCUT2D eigenvalue weighted by atomic mass is 16.2. The molecule has 0 spiro atoms. The van der Waals surface area contributed by atoms with Gasteiger partial charge in [-0.1, -0.05) is 18.2 Å². The average Bonchev–Trinajstić information content (AvgIpc) is 2.68. The van der Waals surface area contributed by atoms with Gasteiger partial charge in [0, 0.05) is 44.4 Å². The second kappa shape index (κ2) is 7.70. The van der Waals surface area contributed by atoms with E-state index in [0.717, 1.165) is 22.7 Å². The minimum absolute atomic E-state index is 0.102. The maximum Gasteiger partial charge on any atom is 0.259 e. The lowest BCUT2D eigenvalue weighted by Gasteiger charge is -2.17. The number of hydrogen-bond donors (Lipinski definition) is 1. The van der Waals surface area contributed by atoms with Gasteiger partial charge in [-0.3, -0.25) is 9.78 Å². The van der Waals surface area contributed by atoms with E-state index in [1.165, 1.54) is 0 Å². The number of carbonyl (C=O) groups is 1. The molecular formula is C21H22N4O. The Morgan fingerprint density at radius 2 is 1.54 bits per heavy atom. The van der Waals surface area contributed by atoms with Crippen molar-refractivity contribution in [1.82, 2.24) is 4.98 Å². The van der Waals surface area contributed by atoms with E-state index in [9.17, 15) is 4.79 Å². The van der Waals surface area contributed by atoms with E-state index in [-0.39, 0.29) is 5.91 Å². The molecule has 1 heterocycles. The smallest absolute Gasteiger partial charge is 0.259 e. The lowest BCUT2D eigenvalue weighted by Crippen LogP contribution is -2.26. The maximum absolute atomic E-state index is 12.7. The highest BCUT2D eigenvalue weighted by molar-refractivity contribution is 6.06. The van der Waals surface area contributed by atoms with Crippen molar-refractivity contribution in [2.45, 2.75) is 0 Å².